The standard InChI is InChI=1S/C16H14N4OS/c1-11-4-6-13(7-5-11)22-16-14(17)15(19-10-20-16)21-12-3-2-8-18-9-12/h2-10H,17H2,1H3. The Kier molecular flexibility index (Phi) is 4.20. The molecular weight excluding hydrogens is 296 g/mol. The molecule has 0 unspecified atom stereocenters. The van der Waals surface area contributed by atoms with E-state index in [1.165, 1.54) is 23.7 Å². The van der Waals surface area contributed by atoms with E-state index in [2.05, 4.69) is 15.0 Å². The van der Waals surface area contributed by atoms with Gasteiger partial charge in [-0.1, -0.05) is 29.5 Å². The molecule has 3 rings (SSSR count). The fourth-order valence-corrected chi connectivity index (χ4v) is 2.56. The molecule has 0 fully saturated rings. The first-order chi connectivity index (χ1) is 10.7. The zero-order valence-electron chi connectivity index (χ0n) is 11.9. The molecule has 2 N–H and O–H groups in total. The number of pyridine rings is 1. The van der Waals surface area contributed by atoms with Gasteiger partial charge in [-0.05, 0) is 31.2 Å². The number of nitrogen functional groups attached to an aromatic ring is 1. The first-order valence-electron chi connectivity index (χ1n) is 6.65. The molecule has 0 saturated heterocycles. The number of hydrogen-bond acceptors (Lipinski definition) is 6. The van der Waals surface area contributed by atoms with E-state index in [1.807, 2.05) is 31.2 Å². The monoisotopic (exact) mass is 310 g/mol. The van der Waals surface area contributed by atoms with Crippen molar-refractivity contribution in [2.75, 3.05) is 5.73 Å². The Morgan fingerprint density at radius 3 is 2.64 bits per heavy atom. The van der Waals surface area contributed by atoms with Crippen molar-refractivity contribution in [3.8, 4) is 11.6 Å². The minimum absolute atomic E-state index is 0.331. The van der Waals surface area contributed by atoms with Crippen LogP contribution in [-0.4, -0.2) is 15.0 Å². The molecule has 0 aliphatic heterocycles. The number of nitrogens with two attached hydrogens (primary N) is 1. The highest BCUT2D eigenvalue weighted by atomic mass is 32.2. The third-order valence-electron chi connectivity index (χ3n) is 2.90. The zero-order valence-corrected chi connectivity index (χ0v) is 12.7. The van der Waals surface area contributed by atoms with E-state index in [1.54, 1.807) is 24.5 Å². The summed E-state index contributed by atoms with van der Waals surface area (Å²) in [6, 6.07) is 11.7. The maximum absolute atomic E-state index is 6.12. The number of ether oxygens (including phenoxy) is 1. The molecule has 0 saturated carbocycles. The Hall–Kier alpha value is -2.60. The zero-order chi connectivity index (χ0) is 15.4. The molecule has 2 heterocycles. The lowest BCUT2D eigenvalue weighted by molar-refractivity contribution is 0.460. The van der Waals surface area contributed by atoms with E-state index >= 15 is 0 Å². The third kappa shape index (κ3) is 3.35. The van der Waals surface area contributed by atoms with Gasteiger partial charge in [0.1, 0.15) is 22.8 Å². The number of rotatable bonds is 4. The van der Waals surface area contributed by atoms with Crippen LogP contribution in [0.4, 0.5) is 5.69 Å². The van der Waals surface area contributed by atoms with Gasteiger partial charge < -0.3 is 10.5 Å². The lowest BCUT2D eigenvalue weighted by atomic mass is 10.2. The number of nitrogens with zero attached hydrogens (tertiary/aromatic N) is 3. The molecule has 0 spiro atoms. The Balaban J connectivity index is 1.84. The van der Waals surface area contributed by atoms with Gasteiger partial charge in [-0.25, -0.2) is 4.98 Å². The fourth-order valence-electron chi connectivity index (χ4n) is 1.76. The summed E-state index contributed by atoms with van der Waals surface area (Å²) in [4.78, 5) is 13.4. The molecule has 0 aliphatic carbocycles. The summed E-state index contributed by atoms with van der Waals surface area (Å²) in [6.45, 7) is 2.05. The molecule has 0 amide bonds. The van der Waals surface area contributed by atoms with Crippen molar-refractivity contribution < 1.29 is 4.74 Å². The van der Waals surface area contributed by atoms with Crippen molar-refractivity contribution in [1.29, 1.82) is 0 Å². The van der Waals surface area contributed by atoms with Gasteiger partial charge in [0.05, 0.1) is 6.20 Å². The number of aryl methyl sites for hydroxylation is 1. The van der Waals surface area contributed by atoms with Gasteiger partial charge >= 0.3 is 0 Å². The SMILES string of the molecule is Cc1ccc(Sc2ncnc(Oc3cccnc3)c2N)cc1. The minimum atomic E-state index is 0.331. The third-order valence-corrected chi connectivity index (χ3v) is 3.92. The van der Waals surface area contributed by atoms with Crippen molar-refractivity contribution in [2.24, 2.45) is 0 Å². The van der Waals surface area contributed by atoms with E-state index in [0.29, 0.717) is 22.3 Å². The largest absolute Gasteiger partial charge is 0.435 e. The normalized spacial score (nSPS) is 10.4. The van der Waals surface area contributed by atoms with E-state index < -0.39 is 0 Å². The molecule has 22 heavy (non-hydrogen) atoms. The second-order valence-corrected chi connectivity index (χ2v) is 5.67. The van der Waals surface area contributed by atoms with Gasteiger partial charge in [0, 0.05) is 11.1 Å². The summed E-state index contributed by atoms with van der Waals surface area (Å²) in [5.41, 5.74) is 7.74. The second-order valence-electron chi connectivity index (χ2n) is 4.60. The molecule has 3 aromatic rings. The smallest absolute Gasteiger partial charge is 0.247 e. The Morgan fingerprint density at radius 2 is 1.91 bits per heavy atom. The average molecular weight is 310 g/mol. The molecule has 0 atom stereocenters. The highest BCUT2D eigenvalue weighted by molar-refractivity contribution is 7.99. The summed E-state index contributed by atoms with van der Waals surface area (Å²) in [6.07, 6.45) is 4.72. The lowest BCUT2D eigenvalue weighted by Gasteiger charge is -2.09. The van der Waals surface area contributed by atoms with Crippen molar-refractivity contribution in [1.82, 2.24) is 15.0 Å². The Morgan fingerprint density at radius 1 is 1.09 bits per heavy atom. The summed E-state index contributed by atoms with van der Waals surface area (Å²) in [7, 11) is 0. The number of hydrogen-bond donors (Lipinski definition) is 1. The maximum atomic E-state index is 6.12. The quantitative estimate of drug-likeness (QED) is 0.741. The van der Waals surface area contributed by atoms with Crippen LogP contribution in [0.2, 0.25) is 0 Å². The molecule has 110 valence electrons. The molecule has 0 radical (unpaired) electrons. The van der Waals surface area contributed by atoms with Gasteiger partial charge in [-0.15, -0.1) is 0 Å². The number of benzene rings is 1. The van der Waals surface area contributed by atoms with E-state index in [9.17, 15) is 0 Å². The number of anilines is 1. The molecule has 6 heteroatoms. The van der Waals surface area contributed by atoms with E-state index in [-0.39, 0.29) is 0 Å². The molecular formula is C16H14N4OS. The van der Waals surface area contributed by atoms with E-state index in [0.717, 1.165) is 4.90 Å². The van der Waals surface area contributed by atoms with Crippen LogP contribution in [0.1, 0.15) is 5.56 Å². The first-order valence-corrected chi connectivity index (χ1v) is 7.47. The Labute approximate surface area is 132 Å². The van der Waals surface area contributed by atoms with Crippen molar-refractivity contribution >= 4 is 17.4 Å². The van der Waals surface area contributed by atoms with Crippen LogP contribution in [0.3, 0.4) is 0 Å². The minimum Gasteiger partial charge on any atom is -0.435 e. The van der Waals surface area contributed by atoms with Gasteiger partial charge in [-0.2, -0.15) is 4.98 Å². The number of aromatic nitrogens is 3. The van der Waals surface area contributed by atoms with Crippen LogP contribution < -0.4 is 10.5 Å². The molecule has 2 aromatic heterocycles. The van der Waals surface area contributed by atoms with Crippen LogP contribution in [-0.2, 0) is 0 Å². The maximum Gasteiger partial charge on any atom is 0.247 e. The van der Waals surface area contributed by atoms with Crippen molar-refractivity contribution in [2.45, 2.75) is 16.8 Å². The lowest BCUT2D eigenvalue weighted by Crippen LogP contribution is -1.99. The summed E-state index contributed by atoms with van der Waals surface area (Å²) >= 11 is 1.48. The highest BCUT2D eigenvalue weighted by Gasteiger charge is 2.11. The van der Waals surface area contributed by atoms with Gasteiger partial charge in [0.15, 0.2) is 0 Å². The van der Waals surface area contributed by atoms with Gasteiger partial charge in [-0.3, -0.25) is 4.98 Å². The molecule has 1 aromatic carbocycles. The summed E-state index contributed by atoms with van der Waals surface area (Å²) in [5, 5.41) is 0.665. The summed E-state index contributed by atoms with van der Waals surface area (Å²) < 4.78 is 5.65. The van der Waals surface area contributed by atoms with Crippen LogP contribution in [0.25, 0.3) is 0 Å². The highest BCUT2D eigenvalue weighted by Crippen LogP contribution is 2.35. The van der Waals surface area contributed by atoms with Crippen molar-refractivity contribution in [3.05, 3.63) is 60.7 Å². The van der Waals surface area contributed by atoms with Gasteiger partial charge in [0.2, 0.25) is 5.88 Å². The van der Waals surface area contributed by atoms with E-state index in [4.69, 9.17) is 10.5 Å². The molecule has 0 bridgehead atoms. The summed E-state index contributed by atoms with van der Waals surface area (Å²) in [5.74, 6) is 0.914. The molecule has 0 aliphatic rings. The topological polar surface area (TPSA) is 73.9 Å². The van der Waals surface area contributed by atoms with Crippen LogP contribution in [0, 0.1) is 6.92 Å². The van der Waals surface area contributed by atoms with Crippen LogP contribution >= 0.6 is 11.8 Å². The van der Waals surface area contributed by atoms with Crippen molar-refractivity contribution in [3.63, 3.8) is 0 Å². The Bertz CT molecular complexity index is 763. The predicted octanol–water partition coefficient (Wildman–Crippen LogP) is 3.71. The van der Waals surface area contributed by atoms with Crippen LogP contribution in [0.15, 0.2) is 65.0 Å². The predicted molar refractivity (Wildman–Crippen MR) is 86.1 cm³/mol. The average Bonchev–Trinajstić information content (AvgIpc) is 2.54. The first kappa shape index (κ1) is 14.3. The molecule has 5 nitrogen and oxygen atoms in total. The fraction of sp³-hybridized carbons (Fsp3) is 0.0625. The second kappa shape index (κ2) is 6.44. The van der Waals surface area contributed by atoms with Crippen LogP contribution in [0.5, 0.6) is 11.6 Å². The van der Waals surface area contributed by atoms with Gasteiger partial charge in [0.25, 0.3) is 0 Å².